The van der Waals surface area contributed by atoms with E-state index >= 15 is 0 Å². The summed E-state index contributed by atoms with van der Waals surface area (Å²) in [5.41, 5.74) is 1.94. The van der Waals surface area contributed by atoms with Crippen LogP contribution in [0.15, 0.2) is 48.5 Å². The normalized spacial score (nSPS) is 15.5. The van der Waals surface area contributed by atoms with E-state index in [4.69, 9.17) is 11.6 Å². The van der Waals surface area contributed by atoms with Gasteiger partial charge < -0.3 is 4.90 Å². The third-order valence-electron chi connectivity index (χ3n) is 5.11. The number of hydrogen-bond donors (Lipinski definition) is 0. The first kappa shape index (κ1) is 20.7. The average Bonchev–Trinajstić information content (AvgIpc) is 2.67. The first-order valence-corrected chi connectivity index (χ1v) is 11.6. The number of carbonyl (C=O) groups excluding carboxylic acids is 1. The minimum absolute atomic E-state index is 0.00190. The van der Waals surface area contributed by atoms with Gasteiger partial charge in [-0.2, -0.15) is 0 Å². The van der Waals surface area contributed by atoms with Crippen LogP contribution in [0.2, 0.25) is 5.02 Å². The standard InChI is InChI=1S/C21H25ClN2O3S/c1-16-11-13-23(14-12-16)21(25)18-5-9-20(10-6-18)24(28(2,26)27)15-17-3-7-19(22)8-4-17/h3-10,16H,11-15H2,1-2H3. The molecule has 1 amide bonds. The van der Waals surface area contributed by atoms with E-state index in [0.717, 1.165) is 31.5 Å². The average molecular weight is 421 g/mol. The number of amides is 1. The monoisotopic (exact) mass is 420 g/mol. The van der Waals surface area contributed by atoms with Crippen LogP contribution < -0.4 is 4.31 Å². The van der Waals surface area contributed by atoms with Crippen LogP contribution in [0.5, 0.6) is 0 Å². The molecule has 7 heteroatoms. The molecule has 3 rings (SSSR count). The summed E-state index contributed by atoms with van der Waals surface area (Å²) in [7, 11) is -3.48. The molecule has 0 atom stereocenters. The van der Waals surface area contributed by atoms with Crippen LogP contribution in [-0.4, -0.2) is 38.6 Å². The maximum absolute atomic E-state index is 12.7. The van der Waals surface area contributed by atoms with Crippen molar-refractivity contribution in [2.24, 2.45) is 5.92 Å². The van der Waals surface area contributed by atoms with E-state index in [1.165, 1.54) is 10.6 Å². The molecule has 0 saturated carbocycles. The summed E-state index contributed by atoms with van der Waals surface area (Å²) in [6, 6.07) is 13.9. The van der Waals surface area contributed by atoms with Gasteiger partial charge in [-0.05, 0) is 60.7 Å². The van der Waals surface area contributed by atoms with E-state index in [1.54, 1.807) is 48.5 Å². The van der Waals surface area contributed by atoms with Crippen molar-refractivity contribution in [2.75, 3.05) is 23.7 Å². The molecule has 1 aliphatic rings. The molecule has 0 N–H and O–H groups in total. The number of carbonyl (C=O) groups is 1. The van der Waals surface area contributed by atoms with E-state index in [2.05, 4.69) is 6.92 Å². The molecule has 1 heterocycles. The van der Waals surface area contributed by atoms with E-state index < -0.39 is 10.0 Å². The van der Waals surface area contributed by atoms with Crippen molar-refractivity contribution < 1.29 is 13.2 Å². The van der Waals surface area contributed by atoms with Gasteiger partial charge in [0.1, 0.15) is 0 Å². The molecule has 150 valence electrons. The number of anilines is 1. The fraction of sp³-hybridized carbons (Fsp3) is 0.381. The van der Waals surface area contributed by atoms with Gasteiger partial charge in [-0.25, -0.2) is 8.42 Å². The van der Waals surface area contributed by atoms with Crippen LogP contribution in [0.4, 0.5) is 5.69 Å². The number of rotatable bonds is 5. The second kappa shape index (κ2) is 8.53. The minimum atomic E-state index is -3.48. The van der Waals surface area contributed by atoms with E-state index in [9.17, 15) is 13.2 Å². The number of piperidine rings is 1. The van der Waals surface area contributed by atoms with Crippen molar-refractivity contribution in [3.63, 3.8) is 0 Å². The summed E-state index contributed by atoms with van der Waals surface area (Å²) in [6.07, 6.45) is 3.22. The quantitative estimate of drug-likeness (QED) is 0.729. The van der Waals surface area contributed by atoms with Gasteiger partial charge in [0.15, 0.2) is 0 Å². The highest BCUT2D eigenvalue weighted by Gasteiger charge is 2.22. The first-order chi connectivity index (χ1) is 13.2. The van der Waals surface area contributed by atoms with Crippen LogP contribution in [0.3, 0.4) is 0 Å². The molecular weight excluding hydrogens is 396 g/mol. The van der Waals surface area contributed by atoms with Gasteiger partial charge in [-0.15, -0.1) is 0 Å². The summed E-state index contributed by atoms with van der Waals surface area (Å²) in [5.74, 6) is 0.657. The topological polar surface area (TPSA) is 57.7 Å². The Bertz CT molecular complexity index is 919. The lowest BCUT2D eigenvalue weighted by Gasteiger charge is -2.30. The molecule has 1 saturated heterocycles. The Morgan fingerprint density at radius 1 is 1.07 bits per heavy atom. The second-order valence-electron chi connectivity index (χ2n) is 7.42. The Morgan fingerprint density at radius 2 is 1.64 bits per heavy atom. The predicted molar refractivity (Wildman–Crippen MR) is 113 cm³/mol. The van der Waals surface area contributed by atoms with Gasteiger partial charge in [-0.3, -0.25) is 9.10 Å². The molecule has 5 nitrogen and oxygen atoms in total. The van der Waals surface area contributed by atoms with Crippen molar-refractivity contribution in [1.29, 1.82) is 0 Å². The van der Waals surface area contributed by atoms with Crippen molar-refractivity contribution in [1.82, 2.24) is 4.90 Å². The number of sulfonamides is 1. The lowest BCUT2D eigenvalue weighted by molar-refractivity contribution is 0.0697. The summed E-state index contributed by atoms with van der Waals surface area (Å²) < 4.78 is 26.0. The van der Waals surface area contributed by atoms with Gasteiger partial charge >= 0.3 is 0 Å². The van der Waals surface area contributed by atoms with Gasteiger partial charge in [0.05, 0.1) is 18.5 Å². The molecule has 0 aliphatic carbocycles. The van der Waals surface area contributed by atoms with E-state index in [-0.39, 0.29) is 12.5 Å². The van der Waals surface area contributed by atoms with Gasteiger partial charge in [0, 0.05) is 23.7 Å². The highest BCUT2D eigenvalue weighted by atomic mass is 35.5. The lowest BCUT2D eigenvalue weighted by atomic mass is 9.98. The summed E-state index contributed by atoms with van der Waals surface area (Å²) in [5, 5.41) is 0.602. The molecule has 1 aliphatic heterocycles. The largest absolute Gasteiger partial charge is 0.339 e. The Hall–Kier alpha value is -2.05. The zero-order valence-electron chi connectivity index (χ0n) is 16.1. The molecule has 2 aromatic carbocycles. The fourth-order valence-corrected chi connectivity index (χ4v) is 4.33. The molecule has 0 spiro atoms. The molecule has 28 heavy (non-hydrogen) atoms. The van der Waals surface area contributed by atoms with Crippen LogP contribution in [-0.2, 0) is 16.6 Å². The number of nitrogens with zero attached hydrogens (tertiary/aromatic N) is 2. The zero-order valence-corrected chi connectivity index (χ0v) is 17.7. The van der Waals surface area contributed by atoms with Crippen molar-refractivity contribution in [3.05, 3.63) is 64.7 Å². The summed E-state index contributed by atoms with van der Waals surface area (Å²) in [6.45, 7) is 3.95. The highest BCUT2D eigenvalue weighted by Crippen LogP contribution is 2.24. The Labute approximate surface area is 172 Å². The van der Waals surface area contributed by atoms with E-state index in [1.807, 2.05) is 4.90 Å². The number of likely N-dealkylation sites (tertiary alicyclic amines) is 1. The fourth-order valence-electron chi connectivity index (χ4n) is 3.32. The van der Waals surface area contributed by atoms with Gasteiger partial charge in [0.25, 0.3) is 5.91 Å². The van der Waals surface area contributed by atoms with E-state index in [0.29, 0.717) is 22.2 Å². The lowest BCUT2D eigenvalue weighted by Crippen LogP contribution is -2.37. The Morgan fingerprint density at radius 3 is 2.18 bits per heavy atom. The number of halogens is 1. The predicted octanol–water partition coefficient (Wildman–Crippen LogP) is 4.18. The van der Waals surface area contributed by atoms with Crippen LogP contribution in [0.25, 0.3) is 0 Å². The van der Waals surface area contributed by atoms with Crippen molar-refractivity contribution >= 4 is 33.2 Å². The third kappa shape index (κ3) is 5.06. The molecule has 1 fully saturated rings. The first-order valence-electron chi connectivity index (χ1n) is 9.35. The number of hydrogen-bond acceptors (Lipinski definition) is 3. The number of benzene rings is 2. The van der Waals surface area contributed by atoms with Gasteiger partial charge in [-0.1, -0.05) is 30.7 Å². The molecule has 0 aromatic heterocycles. The van der Waals surface area contributed by atoms with Gasteiger partial charge in [0.2, 0.25) is 10.0 Å². The smallest absolute Gasteiger partial charge is 0.253 e. The maximum Gasteiger partial charge on any atom is 0.253 e. The highest BCUT2D eigenvalue weighted by molar-refractivity contribution is 7.92. The molecule has 0 unspecified atom stereocenters. The Balaban J connectivity index is 1.78. The van der Waals surface area contributed by atoms with Crippen LogP contribution >= 0.6 is 11.6 Å². The molecule has 0 bridgehead atoms. The molecule has 2 aromatic rings. The maximum atomic E-state index is 12.7. The molecular formula is C21H25ClN2O3S. The van der Waals surface area contributed by atoms with Crippen LogP contribution in [0.1, 0.15) is 35.7 Å². The Kier molecular flexibility index (Phi) is 6.30. The SMILES string of the molecule is CC1CCN(C(=O)c2ccc(N(Cc3ccc(Cl)cc3)S(C)(=O)=O)cc2)CC1. The third-order valence-corrected chi connectivity index (χ3v) is 6.51. The molecule has 0 radical (unpaired) electrons. The van der Waals surface area contributed by atoms with Crippen molar-refractivity contribution in [3.8, 4) is 0 Å². The minimum Gasteiger partial charge on any atom is -0.339 e. The van der Waals surface area contributed by atoms with Crippen molar-refractivity contribution in [2.45, 2.75) is 26.3 Å². The zero-order chi connectivity index (χ0) is 20.3. The summed E-state index contributed by atoms with van der Waals surface area (Å²) in [4.78, 5) is 14.6. The summed E-state index contributed by atoms with van der Waals surface area (Å²) >= 11 is 5.91. The van der Waals surface area contributed by atoms with Crippen LogP contribution in [0, 0.1) is 5.92 Å². The second-order valence-corrected chi connectivity index (χ2v) is 9.76.